The highest BCUT2D eigenvalue weighted by Gasteiger charge is 2.31. The summed E-state index contributed by atoms with van der Waals surface area (Å²) in [7, 11) is 0. The first kappa shape index (κ1) is 20.7. The molecule has 1 unspecified atom stereocenters. The molecule has 0 bridgehead atoms. The van der Waals surface area contributed by atoms with Crippen LogP contribution in [0.3, 0.4) is 0 Å². The van der Waals surface area contributed by atoms with Crippen molar-refractivity contribution in [3.63, 3.8) is 0 Å². The van der Waals surface area contributed by atoms with Gasteiger partial charge in [0.25, 0.3) is 0 Å². The van der Waals surface area contributed by atoms with Gasteiger partial charge in [0.1, 0.15) is 22.7 Å². The zero-order valence-electron chi connectivity index (χ0n) is 17.2. The van der Waals surface area contributed by atoms with Gasteiger partial charge in [-0.1, -0.05) is 48.1 Å². The van der Waals surface area contributed by atoms with Crippen LogP contribution in [0.5, 0.6) is 11.5 Å². The van der Waals surface area contributed by atoms with E-state index in [4.69, 9.17) is 4.74 Å². The van der Waals surface area contributed by atoms with Crippen LogP contribution in [0.25, 0.3) is 6.08 Å². The number of hydrogen-bond acceptors (Lipinski definition) is 3. The molecule has 2 N–H and O–H groups in total. The molecule has 0 spiro atoms. The van der Waals surface area contributed by atoms with E-state index in [1.807, 2.05) is 49.4 Å². The lowest BCUT2D eigenvalue weighted by atomic mass is 9.89. The Bertz CT molecular complexity index is 953. The summed E-state index contributed by atoms with van der Waals surface area (Å²) in [6.45, 7) is 6.15. The molecule has 1 atom stereocenters. The van der Waals surface area contributed by atoms with Crippen LogP contribution in [0, 0.1) is 0 Å². The van der Waals surface area contributed by atoms with Gasteiger partial charge in [0.2, 0.25) is 0 Å². The third-order valence-corrected chi connectivity index (χ3v) is 5.28. The van der Waals surface area contributed by atoms with E-state index in [9.17, 15) is 15.0 Å². The molecule has 152 valence electrons. The first-order chi connectivity index (χ1) is 13.8. The summed E-state index contributed by atoms with van der Waals surface area (Å²) in [5, 5.41) is 20.1. The van der Waals surface area contributed by atoms with Crippen molar-refractivity contribution in [2.75, 3.05) is 0 Å². The molecule has 1 aliphatic heterocycles. The predicted octanol–water partition coefficient (Wildman–Crippen LogP) is 5.79. The summed E-state index contributed by atoms with van der Waals surface area (Å²) in [6.07, 6.45) is 9.01. The molecule has 0 aromatic heterocycles. The van der Waals surface area contributed by atoms with E-state index in [0.717, 1.165) is 24.0 Å². The van der Waals surface area contributed by atoms with E-state index in [0.29, 0.717) is 24.2 Å². The molecule has 0 saturated heterocycles. The average Bonchev–Trinajstić information content (AvgIpc) is 2.65. The zero-order valence-corrected chi connectivity index (χ0v) is 17.2. The number of aromatic carboxylic acids is 1. The molecule has 0 aliphatic carbocycles. The van der Waals surface area contributed by atoms with Crippen molar-refractivity contribution in [3.8, 4) is 11.5 Å². The average molecular weight is 392 g/mol. The smallest absolute Gasteiger partial charge is 0.339 e. The van der Waals surface area contributed by atoms with Crippen LogP contribution in [0.15, 0.2) is 54.1 Å². The molecule has 2 aromatic carbocycles. The highest BCUT2D eigenvalue weighted by Crippen LogP contribution is 2.41. The fourth-order valence-electron chi connectivity index (χ4n) is 3.72. The molecule has 4 heteroatoms. The SMILES string of the molecule is CC(C)=CCCC1(C)C=Cc2c(cc(O)c(C(=O)O)c2CCc2ccccc2)O1. The molecule has 29 heavy (non-hydrogen) atoms. The zero-order chi connectivity index (χ0) is 21.0. The van der Waals surface area contributed by atoms with Gasteiger partial charge in [-0.2, -0.15) is 0 Å². The lowest BCUT2D eigenvalue weighted by Crippen LogP contribution is -2.32. The third-order valence-electron chi connectivity index (χ3n) is 5.28. The number of fused-ring (bicyclic) bond motifs is 1. The summed E-state index contributed by atoms with van der Waals surface area (Å²) >= 11 is 0. The Kier molecular flexibility index (Phi) is 6.12. The van der Waals surface area contributed by atoms with Crippen LogP contribution < -0.4 is 4.74 Å². The fraction of sp³-hybridized carbons (Fsp3) is 0.320. The summed E-state index contributed by atoms with van der Waals surface area (Å²) in [4.78, 5) is 11.8. The molecule has 3 rings (SSSR count). The summed E-state index contributed by atoms with van der Waals surface area (Å²) in [5.41, 5.74) is 3.21. The normalized spacial score (nSPS) is 17.3. The van der Waals surface area contributed by atoms with Crippen molar-refractivity contribution in [1.29, 1.82) is 0 Å². The van der Waals surface area contributed by atoms with Crippen LogP contribution in [0.4, 0.5) is 0 Å². The number of phenols is 1. The molecule has 0 fully saturated rings. The van der Waals surface area contributed by atoms with Gasteiger partial charge in [0.15, 0.2) is 0 Å². The number of benzene rings is 2. The Morgan fingerprint density at radius 1 is 1.17 bits per heavy atom. The number of hydrogen-bond donors (Lipinski definition) is 2. The second-order valence-electron chi connectivity index (χ2n) is 8.02. The molecule has 0 amide bonds. The van der Waals surface area contributed by atoms with E-state index in [-0.39, 0.29) is 11.3 Å². The van der Waals surface area contributed by atoms with Crippen LogP contribution >= 0.6 is 0 Å². The van der Waals surface area contributed by atoms with Crippen molar-refractivity contribution in [3.05, 3.63) is 76.4 Å². The van der Waals surface area contributed by atoms with E-state index in [1.54, 1.807) is 0 Å². The second kappa shape index (κ2) is 8.56. The van der Waals surface area contributed by atoms with Gasteiger partial charge in [0.05, 0.1) is 0 Å². The fourth-order valence-corrected chi connectivity index (χ4v) is 3.72. The highest BCUT2D eigenvalue weighted by atomic mass is 16.5. The number of carboxylic acid groups (broad SMARTS) is 1. The van der Waals surface area contributed by atoms with E-state index < -0.39 is 11.6 Å². The number of aryl methyl sites for hydroxylation is 1. The molecular weight excluding hydrogens is 364 g/mol. The molecule has 2 aromatic rings. The first-order valence-corrected chi connectivity index (χ1v) is 9.97. The Balaban J connectivity index is 1.94. The standard InChI is InChI=1S/C25H28O4/c1-17(2)8-7-14-25(3)15-13-19-20(12-11-18-9-5-4-6-10-18)23(24(27)28)21(26)16-22(19)29-25/h4-6,8-10,13,15-16,26H,7,11-12,14H2,1-3H3,(H,27,28). The lowest BCUT2D eigenvalue weighted by Gasteiger charge is -2.33. The number of carbonyl (C=O) groups is 1. The Morgan fingerprint density at radius 3 is 2.55 bits per heavy atom. The molecule has 1 aliphatic rings. The number of ether oxygens (including phenoxy) is 1. The minimum Gasteiger partial charge on any atom is -0.507 e. The maximum absolute atomic E-state index is 11.8. The van der Waals surface area contributed by atoms with Crippen molar-refractivity contribution < 1.29 is 19.7 Å². The molecular formula is C25H28O4. The number of rotatable bonds is 7. The molecule has 0 saturated carbocycles. The van der Waals surface area contributed by atoms with Crippen LogP contribution in [0.2, 0.25) is 0 Å². The largest absolute Gasteiger partial charge is 0.507 e. The Labute approximate surface area is 172 Å². The van der Waals surface area contributed by atoms with Gasteiger partial charge >= 0.3 is 5.97 Å². The van der Waals surface area contributed by atoms with Gasteiger partial charge in [-0.3, -0.25) is 0 Å². The Morgan fingerprint density at radius 2 is 1.90 bits per heavy atom. The number of allylic oxidation sites excluding steroid dienone is 2. The minimum absolute atomic E-state index is 0.0407. The van der Waals surface area contributed by atoms with Gasteiger partial charge in [-0.05, 0) is 63.7 Å². The predicted molar refractivity (Wildman–Crippen MR) is 116 cm³/mol. The molecule has 0 radical (unpaired) electrons. The number of aromatic hydroxyl groups is 1. The van der Waals surface area contributed by atoms with Crippen LogP contribution in [-0.4, -0.2) is 21.8 Å². The van der Waals surface area contributed by atoms with E-state index in [1.165, 1.54) is 11.6 Å². The maximum Gasteiger partial charge on any atom is 0.339 e. The Hall–Kier alpha value is -3.01. The lowest BCUT2D eigenvalue weighted by molar-refractivity contribution is 0.0692. The van der Waals surface area contributed by atoms with Gasteiger partial charge in [0, 0.05) is 11.6 Å². The van der Waals surface area contributed by atoms with Gasteiger partial charge < -0.3 is 14.9 Å². The monoisotopic (exact) mass is 392 g/mol. The summed E-state index contributed by atoms with van der Waals surface area (Å²) < 4.78 is 6.24. The van der Waals surface area contributed by atoms with Gasteiger partial charge in [-0.15, -0.1) is 0 Å². The second-order valence-corrected chi connectivity index (χ2v) is 8.02. The maximum atomic E-state index is 11.8. The highest BCUT2D eigenvalue weighted by molar-refractivity contribution is 5.95. The van der Waals surface area contributed by atoms with Crippen molar-refractivity contribution in [2.45, 2.75) is 52.1 Å². The van der Waals surface area contributed by atoms with E-state index >= 15 is 0 Å². The number of carboxylic acids is 1. The topological polar surface area (TPSA) is 66.8 Å². The quantitative estimate of drug-likeness (QED) is 0.586. The van der Waals surface area contributed by atoms with Crippen molar-refractivity contribution >= 4 is 12.0 Å². The third kappa shape index (κ3) is 4.89. The minimum atomic E-state index is -1.13. The van der Waals surface area contributed by atoms with E-state index in [2.05, 4.69) is 19.9 Å². The first-order valence-electron chi connectivity index (χ1n) is 9.97. The van der Waals surface area contributed by atoms with Crippen LogP contribution in [0.1, 0.15) is 60.7 Å². The van der Waals surface area contributed by atoms with Crippen molar-refractivity contribution in [2.24, 2.45) is 0 Å². The molecule has 1 heterocycles. The molecule has 4 nitrogen and oxygen atoms in total. The van der Waals surface area contributed by atoms with Crippen molar-refractivity contribution in [1.82, 2.24) is 0 Å². The summed E-state index contributed by atoms with van der Waals surface area (Å²) in [6, 6.07) is 11.4. The van der Waals surface area contributed by atoms with Crippen LogP contribution in [-0.2, 0) is 12.8 Å². The summed E-state index contributed by atoms with van der Waals surface area (Å²) in [5.74, 6) is -0.835. The van der Waals surface area contributed by atoms with Gasteiger partial charge in [-0.25, -0.2) is 4.79 Å².